The van der Waals surface area contributed by atoms with Crippen LogP contribution in [0.5, 0.6) is 0 Å². The Labute approximate surface area is 177 Å². The lowest BCUT2D eigenvalue weighted by Gasteiger charge is -2.26. The average molecular weight is 405 g/mol. The summed E-state index contributed by atoms with van der Waals surface area (Å²) in [5.74, 6) is 1.57. The number of carbonyl (C=O) groups is 2. The molecule has 2 atom stereocenters. The molecule has 30 heavy (non-hydrogen) atoms. The Morgan fingerprint density at radius 3 is 2.53 bits per heavy atom. The van der Waals surface area contributed by atoms with Gasteiger partial charge in [0.1, 0.15) is 0 Å². The van der Waals surface area contributed by atoms with E-state index >= 15 is 0 Å². The van der Waals surface area contributed by atoms with Crippen LogP contribution in [0.2, 0.25) is 0 Å². The maximum atomic E-state index is 12.0. The summed E-state index contributed by atoms with van der Waals surface area (Å²) in [6, 6.07) is 8.56. The number of hydrogen-bond acceptors (Lipinski definition) is 4. The summed E-state index contributed by atoms with van der Waals surface area (Å²) in [6.07, 6.45) is 5.83. The number of anilines is 2. The third-order valence-electron chi connectivity index (χ3n) is 6.99. The number of rotatable bonds is 3. The molecule has 3 aliphatic heterocycles. The van der Waals surface area contributed by atoms with Gasteiger partial charge in [0.2, 0.25) is 11.8 Å². The molecule has 0 N–H and O–H groups in total. The smallest absolute Gasteiger partial charge is 0.227 e. The highest BCUT2D eigenvalue weighted by molar-refractivity contribution is 5.96. The van der Waals surface area contributed by atoms with Crippen molar-refractivity contribution in [1.82, 2.24) is 9.88 Å². The number of aryl methyl sites for hydroxylation is 1. The lowest BCUT2D eigenvalue weighted by molar-refractivity contribution is -0.130. The molecular formula is C24H28N4O2. The number of amides is 2. The van der Waals surface area contributed by atoms with Crippen LogP contribution in [0.4, 0.5) is 11.4 Å². The van der Waals surface area contributed by atoms with Gasteiger partial charge in [-0.15, -0.1) is 0 Å². The Morgan fingerprint density at radius 1 is 1.03 bits per heavy atom. The van der Waals surface area contributed by atoms with Crippen molar-refractivity contribution >= 4 is 23.2 Å². The maximum absolute atomic E-state index is 12.0. The van der Waals surface area contributed by atoms with Crippen LogP contribution in [0, 0.1) is 11.8 Å². The van der Waals surface area contributed by atoms with Gasteiger partial charge in [-0.1, -0.05) is 13.0 Å². The molecule has 2 aromatic rings. The topological polar surface area (TPSA) is 56.8 Å². The van der Waals surface area contributed by atoms with Gasteiger partial charge in [-0.2, -0.15) is 0 Å². The van der Waals surface area contributed by atoms with Gasteiger partial charge in [-0.25, -0.2) is 0 Å². The number of fused-ring (bicyclic) bond motifs is 2. The van der Waals surface area contributed by atoms with Crippen molar-refractivity contribution < 1.29 is 9.59 Å². The Hall–Kier alpha value is -2.89. The van der Waals surface area contributed by atoms with Crippen molar-refractivity contribution in [3.05, 3.63) is 42.2 Å². The molecule has 2 fully saturated rings. The molecule has 0 saturated carbocycles. The van der Waals surface area contributed by atoms with Gasteiger partial charge < -0.3 is 14.7 Å². The molecule has 2 unspecified atom stereocenters. The molecule has 3 aliphatic rings. The van der Waals surface area contributed by atoms with E-state index in [0.29, 0.717) is 24.7 Å². The predicted octanol–water partition coefficient (Wildman–Crippen LogP) is 2.96. The lowest BCUT2D eigenvalue weighted by atomic mass is 9.96. The van der Waals surface area contributed by atoms with Crippen LogP contribution in [-0.2, 0) is 16.0 Å². The molecular weight excluding hydrogens is 376 g/mol. The summed E-state index contributed by atoms with van der Waals surface area (Å²) in [7, 11) is 1.85. The molecule has 156 valence electrons. The predicted molar refractivity (Wildman–Crippen MR) is 117 cm³/mol. The first kappa shape index (κ1) is 19.1. The third-order valence-corrected chi connectivity index (χ3v) is 6.99. The second kappa shape index (κ2) is 7.42. The Kier molecular flexibility index (Phi) is 4.72. The highest BCUT2D eigenvalue weighted by atomic mass is 16.2. The molecule has 1 aromatic heterocycles. The summed E-state index contributed by atoms with van der Waals surface area (Å²) in [5, 5.41) is 0. The molecule has 0 spiro atoms. The number of benzene rings is 1. The van der Waals surface area contributed by atoms with E-state index in [9.17, 15) is 9.59 Å². The van der Waals surface area contributed by atoms with Crippen LogP contribution in [0.1, 0.15) is 25.3 Å². The highest BCUT2D eigenvalue weighted by Crippen LogP contribution is 2.36. The normalized spacial score (nSPS) is 23.0. The van der Waals surface area contributed by atoms with E-state index < -0.39 is 0 Å². The fraction of sp³-hybridized carbons (Fsp3) is 0.458. The second-order valence-electron chi connectivity index (χ2n) is 8.81. The van der Waals surface area contributed by atoms with Crippen molar-refractivity contribution in [2.24, 2.45) is 11.8 Å². The number of hydrogen-bond donors (Lipinski definition) is 0. The number of likely N-dealkylation sites (tertiary alicyclic amines) is 1. The van der Waals surface area contributed by atoms with E-state index in [4.69, 9.17) is 0 Å². The van der Waals surface area contributed by atoms with Gasteiger partial charge in [0.15, 0.2) is 0 Å². The fourth-order valence-corrected chi connectivity index (χ4v) is 5.23. The first-order valence-electron chi connectivity index (χ1n) is 10.9. The summed E-state index contributed by atoms with van der Waals surface area (Å²) < 4.78 is 0. The van der Waals surface area contributed by atoms with Crippen LogP contribution in [0.15, 0.2) is 36.7 Å². The molecule has 0 aliphatic carbocycles. The van der Waals surface area contributed by atoms with E-state index in [1.807, 2.05) is 37.3 Å². The number of aromatic nitrogens is 1. The summed E-state index contributed by atoms with van der Waals surface area (Å²) in [4.78, 5) is 34.7. The standard InChI is InChI=1S/C24H28N4O2/c1-3-23(29)28-14-19-12-27(13-20(19)15-28)21-9-18(10-25-11-21)16-4-6-22-17(8-16)5-7-24(30)26(22)2/h4,6,8-11,19-20H,3,5,7,12-15H2,1-2H3. The lowest BCUT2D eigenvalue weighted by Crippen LogP contribution is -2.32. The summed E-state index contributed by atoms with van der Waals surface area (Å²) >= 11 is 0. The van der Waals surface area contributed by atoms with Crippen molar-refractivity contribution in [2.75, 3.05) is 43.0 Å². The number of nitrogens with zero attached hydrogens (tertiary/aromatic N) is 4. The fourth-order valence-electron chi connectivity index (χ4n) is 5.23. The molecule has 6 heteroatoms. The van der Waals surface area contributed by atoms with Crippen molar-refractivity contribution in [3.8, 4) is 11.1 Å². The molecule has 2 amide bonds. The first-order valence-corrected chi connectivity index (χ1v) is 10.9. The van der Waals surface area contributed by atoms with E-state index in [1.54, 1.807) is 4.90 Å². The Bertz CT molecular complexity index is 990. The number of carbonyl (C=O) groups excluding carboxylic acids is 2. The summed E-state index contributed by atoms with van der Waals surface area (Å²) in [5.41, 5.74) is 5.63. The quantitative estimate of drug-likeness (QED) is 0.789. The molecule has 1 aromatic carbocycles. The van der Waals surface area contributed by atoms with Crippen LogP contribution >= 0.6 is 0 Å². The molecule has 0 radical (unpaired) electrons. The van der Waals surface area contributed by atoms with Gasteiger partial charge in [-0.3, -0.25) is 14.6 Å². The third kappa shape index (κ3) is 3.24. The first-order chi connectivity index (χ1) is 14.5. The molecule has 5 rings (SSSR count). The highest BCUT2D eigenvalue weighted by Gasteiger charge is 2.41. The zero-order valence-electron chi connectivity index (χ0n) is 17.7. The largest absolute Gasteiger partial charge is 0.370 e. The van der Waals surface area contributed by atoms with Gasteiger partial charge in [-0.05, 0) is 35.7 Å². The van der Waals surface area contributed by atoms with E-state index in [-0.39, 0.29) is 11.8 Å². The van der Waals surface area contributed by atoms with E-state index in [0.717, 1.165) is 55.1 Å². The van der Waals surface area contributed by atoms with Gasteiger partial charge in [0, 0.05) is 75.4 Å². The van der Waals surface area contributed by atoms with Gasteiger partial charge in [0.05, 0.1) is 11.9 Å². The molecule has 0 bridgehead atoms. The summed E-state index contributed by atoms with van der Waals surface area (Å²) in [6.45, 7) is 5.69. The SMILES string of the molecule is CCC(=O)N1CC2CN(c3cncc(-c4ccc5c(c4)CCC(=O)N5C)c3)CC2C1. The average Bonchev–Trinajstić information content (AvgIpc) is 3.35. The van der Waals surface area contributed by atoms with Crippen molar-refractivity contribution in [1.29, 1.82) is 0 Å². The van der Waals surface area contributed by atoms with Gasteiger partial charge >= 0.3 is 0 Å². The Balaban J connectivity index is 1.34. The minimum atomic E-state index is 0.178. The van der Waals surface area contributed by atoms with Crippen LogP contribution in [-0.4, -0.2) is 54.9 Å². The maximum Gasteiger partial charge on any atom is 0.227 e. The second-order valence-corrected chi connectivity index (χ2v) is 8.81. The van der Waals surface area contributed by atoms with E-state index in [2.05, 4.69) is 28.1 Å². The number of pyridine rings is 1. The molecule has 6 nitrogen and oxygen atoms in total. The van der Waals surface area contributed by atoms with Crippen LogP contribution in [0.25, 0.3) is 11.1 Å². The van der Waals surface area contributed by atoms with Crippen molar-refractivity contribution in [2.45, 2.75) is 26.2 Å². The monoisotopic (exact) mass is 404 g/mol. The zero-order valence-corrected chi connectivity index (χ0v) is 17.7. The van der Waals surface area contributed by atoms with Crippen LogP contribution in [0.3, 0.4) is 0 Å². The van der Waals surface area contributed by atoms with Gasteiger partial charge in [0.25, 0.3) is 0 Å². The zero-order chi connectivity index (χ0) is 20.8. The minimum Gasteiger partial charge on any atom is -0.370 e. The van der Waals surface area contributed by atoms with Crippen molar-refractivity contribution in [3.63, 3.8) is 0 Å². The van der Waals surface area contributed by atoms with E-state index in [1.165, 1.54) is 5.56 Å². The minimum absolute atomic E-state index is 0.178. The van der Waals surface area contributed by atoms with Crippen LogP contribution < -0.4 is 9.80 Å². The molecule has 2 saturated heterocycles. The molecule has 4 heterocycles. The Morgan fingerprint density at radius 2 is 1.80 bits per heavy atom.